The van der Waals surface area contributed by atoms with Crippen molar-refractivity contribution in [2.24, 2.45) is 0 Å². The van der Waals surface area contributed by atoms with Crippen LogP contribution < -0.4 is 14.4 Å². The lowest BCUT2D eigenvalue weighted by atomic mass is 10.1. The summed E-state index contributed by atoms with van der Waals surface area (Å²) in [5.41, 5.74) is 0.937. The van der Waals surface area contributed by atoms with Gasteiger partial charge in [0.05, 0.1) is 0 Å². The molecule has 0 bridgehead atoms. The molecule has 4 heterocycles. The topological polar surface area (TPSA) is 75.2 Å². The molecule has 0 aliphatic carbocycles. The zero-order chi connectivity index (χ0) is 20.5. The first-order valence-corrected chi connectivity index (χ1v) is 10.3. The second kappa shape index (κ2) is 7.85. The van der Waals surface area contributed by atoms with Crippen molar-refractivity contribution < 1.29 is 19.1 Å². The first-order valence-electron chi connectivity index (χ1n) is 10.3. The number of amides is 2. The Labute approximate surface area is 175 Å². The van der Waals surface area contributed by atoms with E-state index in [-0.39, 0.29) is 18.6 Å². The number of piperazine rings is 1. The van der Waals surface area contributed by atoms with Gasteiger partial charge >= 0.3 is 0 Å². The molecule has 2 aromatic rings. The Hall–Kier alpha value is -3.29. The van der Waals surface area contributed by atoms with Crippen LogP contribution >= 0.6 is 0 Å². The fourth-order valence-corrected chi connectivity index (χ4v) is 4.33. The van der Waals surface area contributed by atoms with Crippen molar-refractivity contribution in [2.75, 3.05) is 37.9 Å². The maximum Gasteiger partial charge on any atom is 0.245 e. The van der Waals surface area contributed by atoms with Crippen molar-refractivity contribution >= 4 is 17.6 Å². The summed E-state index contributed by atoms with van der Waals surface area (Å²) in [5, 5.41) is 0. The Morgan fingerprint density at radius 3 is 2.70 bits per heavy atom. The summed E-state index contributed by atoms with van der Waals surface area (Å²) >= 11 is 0. The number of anilines is 1. The molecule has 0 N–H and O–H groups in total. The number of carbonyl (C=O) groups is 2. The van der Waals surface area contributed by atoms with Crippen LogP contribution in [-0.2, 0) is 16.1 Å². The van der Waals surface area contributed by atoms with E-state index in [9.17, 15) is 9.59 Å². The molecule has 3 aliphatic heterocycles. The van der Waals surface area contributed by atoms with Crippen LogP contribution in [-0.4, -0.2) is 65.6 Å². The summed E-state index contributed by atoms with van der Waals surface area (Å²) in [6.07, 6.45) is 2.77. The Bertz CT molecular complexity index is 943. The van der Waals surface area contributed by atoms with E-state index in [1.165, 1.54) is 0 Å². The summed E-state index contributed by atoms with van der Waals surface area (Å²) < 4.78 is 10.8. The number of carbonyl (C=O) groups excluding carboxylic acids is 2. The standard InChI is InChI=1S/C22H24N4O4/c27-21-7-5-17(26(21)14-16-4-6-18-19(13-16)30-15-29-18)22(28)25-11-9-24(10-12-25)20-3-1-2-8-23-20/h1-4,6,8,13,17H,5,7,9-12,14-15H2. The molecule has 1 unspecified atom stereocenters. The van der Waals surface area contributed by atoms with Crippen LogP contribution in [0.4, 0.5) is 5.82 Å². The van der Waals surface area contributed by atoms with Gasteiger partial charge in [-0.15, -0.1) is 0 Å². The predicted molar refractivity (Wildman–Crippen MR) is 109 cm³/mol. The first kappa shape index (κ1) is 18.7. The smallest absolute Gasteiger partial charge is 0.245 e. The van der Waals surface area contributed by atoms with Gasteiger partial charge in [-0.3, -0.25) is 9.59 Å². The van der Waals surface area contributed by atoms with E-state index in [1.54, 1.807) is 11.1 Å². The molecule has 30 heavy (non-hydrogen) atoms. The second-order valence-electron chi connectivity index (χ2n) is 7.76. The number of nitrogens with zero attached hydrogens (tertiary/aromatic N) is 4. The first-order chi connectivity index (χ1) is 14.7. The van der Waals surface area contributed by atoms with Gasteiger partial charge in [0.25, 0.3) is 0 Å². The normalized spacial score (nSPS) is 20.7. The fourth-order valence-electron chi connectivity index (χ4n) is 4.33. The molecule has 0 radical (unpaired) electrons. The molecule has 0 spiro atoms. The average molecular weight is 408 g/mol. The van der Waals surface area contributed by atoms with Gasteiger partial charge in [-0.25, -0.2) is 4.98 Å². The molecule has 1 atom stereocenters. The lowest BCUT2D eigenvalue weighted by molar-refractivity contribution is -0.142. The quantitative estimate of drug-likeness (QED) is 0.766. The number of fused-ring (bicyclic) bond motifs is 1. The van der Waals surface area contributed by atoms with Crippen molar-refractivity contribution in [3.63, 3.8) is 0 Å². The molecule has 2 saturated heterocycles. The number of likely N-dealkylation sites (tertiary alicyclic amines) is 1. The maximum atomic E-state index is 13.2. The molecule has 0 saturated carbocycles. The molecule has 5 rings (SSSR count). The number of ether oxygens (including phenoxy) is 2. The largest absolute Gasteiger partial charge is 0.454 e. The van der Waals surface area contributed by atoms with Gasteiger partial charge in [0.15, 0.2) is 11.5 Å². The third-order valence-electron chi connectivity index (χ3n) is 5.97. The van der Waals surface area contributed by atoms with E-state index in [2.05, 4.69) is 9.88 Å². The minimum absolute atomic E-state index is 0.0261. The summed E-state index contributed by atoms with van der Waals surface area (Å²) in [4.78, 5) is 35.9. The molecule has 156 valence electrons. The predicted octanol–water partition coefficient (Wildman–Crippen LogP) is 1.65. The Morgan fingerprint density at radius 1 is 1.07 bits per heavy atom. The van der Waals surface area contributed by atoms with Gasteiger partial charge in [0.1, 0.15) is 11.9 Å². The van der Waals surface area contributed by atoms with Crippen LogP contribution in [0.5, 0.6) is 11.5 Å². The van der Waals surface area contributed by atoms with Gasteiger partial charge in [0, 0.05) is 45.3 Å². The maximum absolute atomic E-state index is 13.2. The Balaban J connectivity index is 1.24. The third-order valence-corrected chi connectivity index (χ3v) is 5.97. The summed E-state index contributed by atoms with van der Waals surface area (Å²) in [6.45, 7) is 3.37. The van der Waals surface area contributed by atoms with Crippen molar-refractivity contribution in [3.8, 4) is 11.5 Å². The van der Waals surface area contributed by atoms with Crippen LogP contribution in [0.25, 0.3) is 0 Å². The highest BCUT2D eigenvalue weighted by molar-refractivity contribution is 5.91. The third kappa shape index (κ3) is 3.53. The van der Waals surface area contributed by atoms with Gasteiger partial charge in [-0.1, -0.05) is 12.1 Å². The van der Waals surface area contributed by atoms with E-state index in [0.29, 0.717) is 44.0 Å². The molecular formula is C22H24N4O4. The molecule has 2 fully saturated rings. The monoisotopic (exact) mass is 408 g/mol. The number of hydrogen-bond acceptors (Lipinski definition) is 6. The zero-order valence-corrected chi connectivity index (χ0v) is 16.7. The van der Waals surface area contributed by atoms with Crippen molar-refractivity contribution in [1.29, 1.82) is 0 Å². The minimum Gasteiger partial charge on any atom is -0.454 e. The van der Waals surface area contributed by atoms with E-state index in [0.717, 1.165) is 24.5 Å². The summed E-state index contributed by atoms with van der Waals surface area (Å²) in [5.74, 6) is 2.41. The minimum atomic E-state index is -0.399. The molecule has 8 heteroatoms. The molecule has 3 aliphatic rings. The Morgan fingerprint density at radius 2 is 1.90 bits per heavy atom. The fraction of sp³-hybridized carbons (Fsp3) is 0.409. The van der Waals surface area contributed by atoms with Crippen LogP contribution in [0.2, 0.25) is 0 Å². The second-order valence-corrected chi connectivity index (χ2v) is 7.76. The highest BCUT2D eigenvalue weighted by atomic mass is 16.7. The number of aromatic nitrogens is 1. The van der Waals surface area contributed by atoms with Crippen LogP contribution in [0.3, 0.4) is 0 Å². The number of hydrogen-bond donors (Lipinski definition) is 0. The zero-order valence-electron chi connectivity index (χ0n) is 16.7. The SMILES string of the molecule is O=C(C1CCC(=O)N1Cc1ccc2c(c1)OCO2)N1CCN(c2ccccn2)CC1. The highest BCUT2D eigenvalue weighted by Crippen LogP contribution is 2.34. The number of benzene rings is 1. The van der Waals surface area contributed by atoms with E-state index < -0.39 is 6.04 Å². The van der Waals surface area contributed by atoms with Gasteiger partial charge in [0.2, 0.25) is 18.6 Å². The molecule has 8 nitrogen and oxygen atoms in total. The number of pyridine rings is 1. The molecule has 1 aromatic heterocycles. The van der Waals surface area contributed by atoms with E-state index in [4.69, 9.17) is 9.47 Å². The van der Waals surface area contributed by atoms with Crippen LogP contribution in [0.1, 0.15) is 18.4 Å². The van der Waals surface area contributed by atoms with E-state index in [1.807, 2.05) is 41.3 Å². The Kier molecular flexibility index (Phi) is 4.90. The molecule has 1 aromatic carbocycles. The molecular weight excluding hydrogens is 384 g/mol. The van der Waals surface area contributed by atoms with Crippen molar-refractivity contribution in [3.05, 3.63) is 48.2 Å². The highest BCUT2D eigenvalue weighted by Gasteiger charge is 2.39. The van der Waals surface area contributed by atoms with Gasteiger partial charge in [-0.05, 0) is 36.2 Å². The van der Waals surface area contributed by atoms with Gasteiger partial charge < -0.3 is 24.2 Å². The number of rotatable bonds is 4. The van der Waals surface area contributed by atoms with Crippen molar-refractivity contribution in [1.82, 2.24) is 14.8 Å². The summed E-state index contributed by atoms with van der Waals surface area (Å²) in [7, 11) is 0. The van der Waals surface area contributed by atoms with Crippen LogP contribution in [0, 0.1) is 0 Å². The average Bonchev–Trinajstić information content (AvgIpc) is 3.40. The molecule has 2 amide bonds. The van der Waals surface area contributed by atoms with E-state index >= 15 is 0 Å². The lowest BCUT2D eigenvalue weighted by Gasteiger charge is -2.37. The summed E-state index contributed by atoms with van der Waals surface area (Å²) in [6, 6.07) is 11.1. The van der Waals surface area contributed by atoms with Crippen molar-refractivity contribution in [2.45, 2.75) is 25.4 Å². The van der Waals surface area contributed by atoms with Gasteiger partial charge in [-0.2, -0.15) is 0 Å². The lowest BCUT2D eigenvalue weighted by Crippen LogP contribution is -2.54. The van der Waals surface area contributed by atoms with Crippen LogP contribution in [0.15, 0.2) is 42.6 Å².